The first-order valence-electron chi connectivity index (χ1n) is 7.67. The molecule has 0 bridgehead atoms. The standard InChI is InChI=1S/C18H19F2N3/c1-3-13(21)10-23-17-9-15(20)14(19)8-16(17)22-18(23)12-6-4-11(2)5-7-12/h4-9,13H,3,10,21H2,1-2H3. The number of rotatable bonds is 4. The van der Waals surface area contributed by atoms with E-state index in [1.54, 1.807) is 0 Å². The maximum Gasteiger partial charge on any atom is 0.161 e. The number of nitrogens with two attached hydrogens (primary N) is 1. The molecule has 0 spiro atoms. The largest absolute Gasteiger partial charge is 0.326 e. The summed E-state index contributed by atoms with van der Waals surface area (Å²) >= 11 is 0. The Balaban J connectivity index is 2.22. The minimum Gasteiger partial charge on any atom is -0.326 e. The predicted octanol–water partition coefficient (Wildman–Crippen LogP) is 4.03. The molecule has 0 aliphatic carbocycles. The smallest absolute Gasteiger partial charge is 0.161 e. The molecule has 0 aliphatic heterocycles. The van der Waals surface area contributed by atoms with Crippen molar-refractivity contribution in [2.45, 2.75) is 32.9 Å². The highest BCUT2D eigenvalue weighted by Crippen LogP contribution is 2.27. The van der Waals surface area contributed by atoms with Gasteiger partial charge in [0.1, 0.15) is 5.82 Å². The molecule has 0 fully saturated rings. The Morgan fingerprint density at radius 2 is 1.78 bits per heavy atom. The summed E-state index contributed by atoms with van der Waals surface area (Å²) in [5, 5.41) is 0. The van der Waals surface area contributed by atoms with Gasteiger partial charge in [-0.3, -0.25) is 0 Å². The van der Waals surface area contributed by atoms with E-state index in [0.29, 0.717) is 23.4 Å². The average molecular weight is 315 g/mol. The highest BCUT2D eigenvalue weighted by Gasteiger charge is 2.17. The van der Waals surface area contributed by atoms with Crippen molar-refractivity contribution in [2.24, 2.45) is 5.73 Å². The molecular weight excluding hydrogens is 296 g/mol. The number of aryl methyl sites for hydroxylation is 1. The number of benzene rings is 2. The minimum absolute atomic E-state index is 0.0790. The average Bonchev–Trinajstić information content (AvgIpc) is 2.86. The van der Waals surface area contributed by atoms with Crippen LogP contribution >= 0.6 is 0 Å². The SMILES string of the molecule is CCC(N)Cn1c(-c2ccc(C)cc2)nc2cc(F)c(F)cc21. The summed E-state index contributed by atoms with van der Waals surface area (Å²) in [6, 6.07) is 10.1. The molecule has 0 saturated carbocycles. The Labute approximate surface area is 133 Å². The van der Waals surface area contributed by atoms with Crippen LogP contribution in [0.4, 0.5) is 8.78 Å². The lowest BCUT2D eigenvalue weighted by molar-refractivity contribution is 0.509. The van der Waals surface area contributed by atoms with E-state index in [2.05, 4.69) is 4.98 Å². The van der Waals surface area contributed by atoms with Crippen molar-refractivity contribution in [1.29, 1.82) is 0 Å². The van der Waals surface area contributed by atoms with E-state index in [-0.39, 0.29) is 6.04 Å². The first-order valence-corrected chi connectivity index (χ1v) is 7.67. The lowest BCUT2D eigenvalue weighted by atomic mass is 10.1. The van der Waals surface area contributed by atoms with Crippen LogP contribution in [0, 0.1) is 18.6 Å². The molecule has 3 rings (SSSR count). The summed E-state index contributed by atoms with van der Waals surface area (Å²) in [7, 11) is 0. The van der Waals surface area contributed by atoms with Crippen LogP contribution in [0.3, 0.4) is 0 Å². The van der Waals surface area contributed by atoms with E-state index in [1.807, 2.05) is 42.7 Å². The lowest BCUT2D eigenvalue weighted by Crippen LogP contribution is -2.25. The fraction of sp³-hybridized carbons (Fsp3) is 0.278. The van der Waals surface area contributed by atoms with Crippen molar-refractivity contribution < 1.29 is 8.78 Å². The maximum atomic E-state index is 13.7. The van der Waals surface area contributed by atoms with Crippen molar-refractivity contribution in [3.8, 4) is 11.4 Å². The third-order valence-electron chi connectivity index (χ3n) is 4.04. The summed E-state index contributed by atoms with van der Waals surface area (Å²) in [5.74, 6) is -1.09. The van der Waals surface area contributed by atoms with Crippen molar-refractivity contribution in [2.75, 3.05) is 0 Å². The van der Waals surface area contributed by atoms with Gasteiger partial charge in [-0.1, -0.05) is 36.8 Å². The van der Waals surface area contributed by atoms with Crippen molar-refractivity contribution in [3.05, 3.63) is 53.6 Å². The van der Waals surface area contributed by atoms with Crippen molar-refractivity contribution in [1.82, 2.24) is 9.55 Å². The zero-order chi connectivity index (χ0) is 16.6. The van der Waals surface area contributed by atoms with Crippen LogP contribution in [-0.4, -0.2) is 15.6 Å². The van der Waals surface area contributed by atoms with E-state index in [0.717, 1.165) is 23.6 Å². The zero-order valence-corrected chi connectivity index (χ0v) is 13.2. The number of fused-ring (bicyclic) bond motifs is 1. The van der Waals surface area contributed by atoms with E-state index in [9.17, 15) is 8.78 Å². The quantitative estimate of drug-likeness (QED) is 0.790. The number of hydrogen-bond donors (Lipinski definition) is 1. The Hall–Kier alpha value is -2.27. The Kier molecular flexibility index (Phi) is 4.13. The van der Waals surface area contributed by atoms with Gasteiger partial charge in [0.05, 0.1) is 11.0 Å². The Morgan fingerprint density at radius 1 is 1.13 bits per heavy atom. The number of halogens is 2. The molecule has 5 heteroatoms. The molecule has 0 saturated heterocycles. The summed E-state index contributed by atoms with van der Waals surface area (Å²) < 4.78 is 29.1. The molecule has 3 aromatic rings. The Morgan fingerprint density at radius 3 is 2.43 bits per heavy atom. The molecule has 0 radical (unpaired) electrons. The number of nitrogens with zero attached hydrogens (tertiary/aromatic N) is 2. The molecule has 23 heavy (non-hydrogen) atoms. The third-order valence-corrected chi connectivity index (χ3v) is 4.04. The van der Waals surface area contributed by atoms with Gasteiger partial charge in [0.2, 0.25) is 0 Å². The second-order valence-corrected chi connectivity index (χ2v) is 5.84. The lowest BCUT2D eigenvalue weighted by Gasteiger charge is -2.14. The van der Waals surface area contributed by atoms with Crippen LogP contribution in [0.5, 0.6) is 0 Å². The fourth-order valence-corrected chi connectivity index (χ4v) is 2.59. The van der Waals surface area contributed by atoms with Gasteiger partial charge in [-0.25, -0.2) is 13.8 Å². The van der Waals surface area contributed by atoms with Gasteiger partial charge in [0.15, 0.2) is 11.6 Å². The number of aromatic nitrogens is 2. The second kappa shape index (κ2) is 6.08. The Bertz CT molecular complexity index is 838. The monoisotopic (exact) mass is 315 g/mol. The first kappa shape index (κ1) is 15.6. The molecule has 1 aromatic heterocycles. The van der Waals surface area contributed by atoms with Gasteiger partial charge >= 0.3 is 0 Å². The molecule has 1 unspecified atom stereocenters. The topological polar surface area (TPSA) is 43.8 Å². The summed E-state index contributed by atoms with van der Waals surface area (Å²) in [5.41, 5.74) is 9.11. The van der Waals surface area contributed by atoms with Crippen LogP contribution in [-0.2, 0) is 6.54 Å². The molecule has 0 aliphatic rings. The van der Waals surface area contributed by atoms with Crippen LogP contribution in [0.15, 0.2) is 36.4 Å². The molecule has 0 amide bonds. The van der Waals surface area contributed by atoms with E-state index in [4.69, 9.17) is 5.73 Å². The van der Waals surface area contributed by atoms with Gasteiger partial charge in [0, 0.05) is 30.3 Å². The summed E-state index contributed by atoms with van der Waals surface area (Å²) in [4.78, 5) is 4.50. The van der Waals surface area contributed by atoms with E-state index < -0.39 is 11.6 Å². The van der Waals surface area contributed by atoms with Gasteiger partial charge < -0.3 is 10.3 Å². The first-order chi connectivity index (χ1) is 11.0. The minimum atomic E-state index is -0.891. The summed E-state index contributed by atoms with van der Waals surface area (Å²) in [6.45, 7) is 4.50. The highest BCUT2D eigenvalue weighted by molar-refractivity contribution is 5.81. The van der Waals surface area contributed by atoms with Crippen molar-refractivity contribution in [3.63, 3.8) is 0 Å². The van der Waals surface area contributed by atoms with Crippen LogP contribution in [0.2, 0.25) is 0 Å². The summed E-state index contributed by atoms with van der Waals surface area (Å²) in [6.07, 6.45) is 0.788. The number of hydrogen-bond acceptors (Lipinski definition) is 2. The van der Waals surface area contributed by atoms with Gasteiger partial charge in [-0.2, -0.15) is 0 Å². The maximum absolute atomic E-state index is 13.7. The van der Waals surface area contributed by atoms with Crippen LogP contribution in [0.25, 0.3) is 22.4 Å². The van der Waals surface area contributed by atoms with E-state index in [1.165, 1.54) is 6.07 Å². The third kappa shape index (κ3) is 2.97. The number of imidazole rings is 1. The van der Waals surface area contributed by atoms with E-state index >= 15 is 0 Å². The van der Waals surface area contributed by atoms with Crippen LogP contribution < -0.4 is 5.73 Å². The van der Waals surface area contributed by atoms with Crippen molar-refractivity contribution >= 4 is 11.0 Å². The second-order valence-electron chi connectivity index (χ2n) is 5.84. The highest BCUT2D eigenvalue weighted by atomic mass is 19.2. The molecule has 2 aromatic carbocycles. The molecular formula is C18H19F2N3. The molecule has 2 N–H and O–H groups in total. The normalized spacial score (nSPS) is 12.7. The molecule has 120 valence electrons. The van der Waals surface area contributed by atoms with Gasteiger partial charge in [-0.05, 0) is 13.3 Å². The predicted molar refractivity (Wildman–Crippen MR) is 88.1 cm³/mol. The zero-order valence-electron chi connectivity index (χ0n) is 13.2. The van der Waals surface area contributed by atoms with Crippen LogP contribution in [0.1, 0.15) is 18.9 Å². The van der Waals surface area contributed by atoms with Gasteiger partial charge in [-0.15, -0.1) is 0 Å². The molecule has 1 atom stereocenters. The fourth-order valence-electron chi connectivity index (χ4n) is 2.59. The van der Waals surface area contributed by atoms with Gasteiger partial charge in [0.25, 0.3) is 0 Å². The molecule has 1 heterocycles. The molecule has 3 nitrogen and oxygen atoms in total.